The highest BCUT2D eigenvalue weighted by Crippen LogP contribution is 2.60. The molecule has 0 aliphatic heterocycles. The van der Waals surface area contributed by atoms with Crippen molar-refractivity contribution in [3.05, 3.63) is 0 Å². The Bertz CT molecular complexity index is 309. The van der Waals surface area contributed by atoms with Crippen LogP contribution in [0.15, 0.2) is 5.16 Å². The minimum atomic E-state index is 0.388. The van der Waals surface area contributed by atoms with Crippen LogP contribution in [0.4, 0.5) is 0 Å². The number of oxime groups is 1. The Hall–Kier alpha value is -0.570. The summed E-state index contributed by atoms with van der Waals surface area (Å²) < 4.78 is 0. The van der Waals surface area contributed by atoms with Gasteiger partial charge in [-0.05, 0) is 37.8 Å². The first-order chi connectivity index (χ1) is 7.39. The molecule has 0 aromatic carbocycles. The predicted molar refractivity (Wildman–Crippen MR) is 65.8 cm³/mol. The highest BCUT2D eigenvalue weighted by molar-refractivity contribution is 5.92. The van der Waals surface area contributed by atoms with Gasteiger partial charge in [0.05, 0.1) is 5.71 Å². The molecule has 0 heterocycles. The summed E-state index contributed by atoms with van der Waals surface area (Å²) in [7, 11) is 4.19. The van der Waals surface area contributed by atoms with Crippen molar-refractivity contribution < 1.29 is 5.21 Å². The average Bonchev–Trinajstić information content (AvgIpc) is 2.63. The van der Waals surface area contributed by atoms with Gasteiger partial charge in [-0.2, -0.15) is 0 Å². The fourth-order valence-corrected chi connectivity index (χ4v) is 3.94. The second-order valence-electron chi connectivity index (χ2n) is 6.45. The summed E-state index contributed by atoms with van der Waals surface area (Å²) >= 11 is 0. The van der Waals surface area contributed by atoms with Crippen LogP contribution in [0.3, 0.4) is 0 Å². The molecular formula is C13H24N2O. The number of rotatable bonds is 2. The van der Waals surface area contributed by atoms with Crippen molar-refractivity contribution in [2.75, 3.05) is 20.6 Å². The standard InChI is InChI=1S/C13H24N2O/c1-8-9-6-11(13(8,2)3)10(7-15(4)5)12(9)14-16/h8-11,16H,6-7H2,1-5H3/b14-12-. The molecule has 0 aromatic rings. The zero-order valence-electron chi connectivity index (χ0n) is 11.1. The van der Waals surface area contributed by atoms with Crippen LogP contribution in [0.1, 0.15) is 27.2 Å². The molecule has 2 fully saturated rings. The lowest BCUT2D eigenvalue weighted by Crippen LogP contribution is -2.43. The Morgan fingerprint density at radius 3 is 2.56 bits per heavy atom. The quantitative estimate of drug-likeness (QED) is 0.577. The average molecular weight is 224 g/mol. The van der Waals surface area contributed by atoms with Gasteiger partial charge < -0.3 is 10.1 Å². The minimum absolute atomic E-state index is 0.388. The van der Waals surface area contributed by atoms with Crippen LogP contribution in [0.25, 0.3) is 0 Å². The van der Waals surface area contributed by atoms with Crippen LogP contribution in [-0.2, 0) is 0 Å². The molecule has 2 aliphatic carbocycles. The van der Waals surface area contributed by atoms with Gasteiger partial charge in [0.15, 0.2) is 0 Å². The summed E-state index contributed by atoms with van der Waals surface area (Å²) in [6.07, 6.45) is 1.21. The van der Waals surface area contributed by atoms with Crippen molar-refractivity contribution >= 4 is 5.71 Å². The lowest BCUT2D eigenvalue weighted by atomic mass is 9.64. The molecule has 2 aliphatic rings. The lowest BCUT2D eigenvalue weighted by Gasteiger charge is -2.41. The number of hydrogen-bond acceptors (Lipinski definition) is 3. The maximum absolute atomic E-state index is 9.23. The largest absolute Gasteiger partial charge is 0.411 e. The van der Waals surface area contributed by atoms with Crippen LogP contribution in [0.5, 0.6) is 0 Å². The number of nitrogens with zero attached hydrogens (tertiary/aromatic N) is 2. The third kappa shape index (κ3) is 1.48. The Morgan fingerprint density at radius 2 is 2.06 bits per heavy atom. The monoisotopic (exact) mass is 224 g/mol. The van der Waals surface area contributed by atoms with E-state index in [1.807, 2.05) is 0 Å². The molecule has 0 saturated heterocycles. The van der Waals surface area contributed by atoms with Crippen LogP contribution < -0.4 is 0 Å². The molecular weight excluding hydrogens is 200 g/mol. The molecule has 2 rings (SSSR count). The summed E-state index contributed by atoms with van der Waals surface area (Å²) in [5, 5.41) is 12.8. The van der Waals surface area contributed by atoms with Gasteiger partial charge in [-0.1, -0.05) is 25.9 Å². The van der Waals surface area contributed by atoms with E-state index in [1.165, 1.54) is 6.42 Å². The van der Waals surface area contributed by atoms with Gasteiger partial charge in [0.2, 0.25) is 0 Å². The molecule has 0 spiro atoms. The lowest BCUT2D eigenvalue weighted by molar-refractivity contribution is 0.128. The third-order valence-corrected chi connectivity index (χ3v) is 5.16. The smallest absolute Gasteiger partial charge is 0.0651 e. The Kier molecular flexibility index (Phi) is 2.77. The van der Waals surface area contributed by atoms with Crippen molar-refractivity contribution in [3.8, 4) is 0 Å². The normalized spacial score (nSPS) is 43.5. The van der Waals surface area contributed by atoms with Gasteiger partial charge in [-0.3, -0.25) is 0 Å². The molecule has 0 radical (unpaired) electrons. The first-order valence-corrected chi connectivity index (χ1v) is 6.26. The fraction of sp³-hybridized carbons (Fsp3) is 0.923. The van der Waals surface area contributed by atoms with Crippen molar-refractivity contribution in [1.29, 1.82) is 0 Å². The first kappa shape index (κ1) is 11.9. The van der Waals surface area contributed by atoms with Gasteiger partial charge in [-0.15, -0.1) is 0 Å². The molecule has 2 saturated carbocycles. The van der Waals surface area contributed by atoms with E-state index in [0.29, 0.717) is 29.1 Å². The van der Waals surface area contributed by atoms with E-state index in [1.54, 1.807) is 0 Å². The Balaban J connectivity index is 2.27. The molecule has 2 bridgehead atoms. The Labute approximate surface area is 98.5 Å². The SMILES string of the molecule is CC1C2CC(C(CN(C)C)/C2=N\O)C1(C)C. The van der Waals surface area contributed by atoms with Crippen molar-refractivity contribution in [1.82, 2.24) is 4.90 Å². The number of hydrogen-bond donors (Lipinski definition) is 1. The molecule has 1 N–H and O–H groups in total. The van der Waals surface area contributed by atoms with Gasteiger partial charge in [-0.25, -0.2) is 0 Å². The molecule has 4 atom stereocenters. The van der Waals surface area contributed by atoms with E-state index < -0.39 is 0 Å². The maximum atomic E-state index is 9.23. The van der Waals surface area contributed by atoms with E-state index in [-0.39, 0.29) is 0 Å². The molecule has 92 valence electrons. The highest BCUT2D eigenvalue weighted by atomic mass is 16.4. The van der Waals surface area contributed by atoms with E-state index >= 15 is 0 Å². The van der Waals surface area contributed by atoms with Crippen molar-refractivity contribution in [3.63, 3.8) is 0 Å². The van der Waals surface area contributed by atoms with Gasteiger partial charge in [0, 0.05) is 18.4 Å². The summed E-state index contributed by atoms with van der Waals surface area (Å²) in [5.41, 5.74) is 1.45. The van der Waals surface area contributed by atoms with Crippen LogP contribution >= 0.6 is 0 Å². The van der Waals surface area contributed by atoms with E-state index in [2.05, 4.69) is 44.9 Å². The van der Waals surface area contributed by atoms with Crippen LogP contribution in [0, 0.1) is 29.1 Å². The maximum Gasteiger partial charge on any atom is 0.0651 e. The van der Waals surface area contributed by atoms with Gasteiger partial charge in [0.25, 0.3) is 0 Å². The highest BCUT2D eigenvalue weighted by Gasteiger charge is 2.58. The van der Waals surface area contributed by atoms with Gasteiger partial charge >= 0.3 is 0 Å². The summed E-state index contributed by atoms with van der Waals surface area (Å²) in [6.45, 7) is 8.07. The van der Waals surface area contributed by atoms with E-state index in [4.69, 9.17) is 0 Å². The summed E-state index contributed by atoms with van der Waals surface area (Å²) in [6, 6.07) is 0. The summed E-state index contributed by atoms with van der Waals surface area (Å²) in [5.74, 6) is 2.29. The third-order valence-electron chi connectivity index (χ3n) is 5.16. The molecule has 3 nitrogen and oxygen atoms in total. The topological polar surface area (TPSA) is 35.8 Å². The van der Waals surface area contributed by atoms with Crippen LogP contribution in [-0.4, -0.2) is 36.5 Å². The summed E-state index contributed by atoms with van der Waals surface area (Å²) in [4.78, 5) is 2.21. The second kappa shape index (κ2) is 3.73. The Morgan fingerprint density at radius 1 is 1.44 bits per heavy atom. The predicted octanol–water partition coefficient (Wildman–Crippen LogP) is 2.31. The van der Waals surface area contributed by atoms with Gasteiger partial charge in [0.1, 0.15) is 0 Å². The minimum Gasteiger partial charge on any atom is -0.411 e. The van der Waals surface area contributed by atoms with E-state index in [0.717, 1.165) is 12.3 Å². The van der Waals surface area contributed by atoms with E-state index in [9.17, 15) is 5.21 Å². The van der Waals surface area contributed by atoms with Crippen LogP contribution in [0.2, 0.25) is 0 Å². The molecule has 0 aromatic heterocycles. The fourth-order valence-electron chi connectivity index (χ4n) is 3.94. The molecule has 16 heavy (non-hydrogen) atoms. The zero-order chi connectivity index (χ0) is 12.1. The molecule has 0 amide bonds. The molecule has 3 heteroatoms. The second-order valence-corrected chi connectivity index (χ2v) is 6.45. The van der Waals surface area contributed by atoms with Crippen molar-refractivity contribution in [2.45, 2.75) is 27.2 Å². The molecule has 4 unspecified atom stereocenters. The number of fused-ring (bicyclic) bond motifs is 2. The zero-order valence-corrected chi connectivity index (χ0v) is 11.1. The van der Waals surface area contributed by atoms with Crippen molar-refractivity contribution in [2.24, 2.45) is 34.2 Å². The first-order valence-electron chi connectivity index (χ1n) is 6.26.